The van der Waals surface area contributed by atoms with Crippen molar-refractivity contribution in [3.63, 3.8) is 0 Å². The Morgan fingerprint density at radius 3 is 1.64 bits per heavy atom. The number of methoxy groups -OCH3 is 2. The van der Waals surface area contributed by atoms with E-state index in [9.17, 15) is 41.9 Å². The van der Waals surface area contributed by atoms with Crippen LogP contribution in [0.4, 0.5) is 28.9 Å². The topological polar surface area (TPSA) is 184 Å². The number of hydroxylamine groups is 1. The summed E-state index contributed by atoms with van der Waals surface area (Å²) in [4.78, 5) is 59.9. The second-order valence-corrected chi connectivity index (χ2v) is 13.4. The molecule has 302 valence electrons. The van der Waals surface area contributed by atoms with E-state index in [-0.39, 0.29) is 39.5 Å². The van der Waals surface area contributed by atoms with Gasteiger partial charge in [-0.05, 0) is 53.6 Å². The second-order valence-electron chi connectivity index (χ2n) is 13.4. The third-order valence-corrected chi connectivity index (χ3v) is 10.0. The highest BCUT2D eigenvalue weighted by Gasteiger charge is 2.47. The van der Waals surface area contributed by atoms with Gasteiger partial charge >= 0.3 is 11.9 Å². The maximum absolute atomic E-state index is 14.2. The average molecular weight is 813 g/mol. The number of fused-ring (bicyclic) bond motifs is 2. The summed E-state index contributed by atoms with van der Waals surface area (Å²) in [5.41, 5.74) is 0.265. The van der Waals surface area contributed by atoms with E-state index in [1.54, 1.807) is 14.1 Å². The van der Waals surface area contributed by atoms with E-state index < -0.39 is 70.7 Å². The first-order valence-corrected chi connectivity index (χ1v) is 17.6. The first kappa shape index (κ1) is 39.9. The molecule has 4 atom stereocenters. The summed E-state index contributed by atoms with van der Waals surface area (Å²) in [6.07, 6.45) is 2.55. The van der Waals surface area contributed by atoms with Gasteiger partial charge in [-0.3, -0.25) is 24.2 Å². The number of hydrogen-bond acceptors (Lipinski definition) is 13. The van der Waals surface area contributed by atoms with Crippen LogP contribution in [-0.2, 0) is 23.6 Å². The number of nitrogens with zero attached hydrogens (tertiary/aromatic N) is 7. The number of halogens is 4. The van der Waals surface area contributed by atoms with Gasteiger partial charge in [0.25, 0.3) is 0 Å². The van der Waals surface area contributed by atoms with Gasteiger partial charge in [-0.25, -0.2) is 42.2 Å². The van der Waals surface area contributed by atoms with Crippen LogP contribution in [-0.4, -0.2) is 72.5 Å². The minimum Gasteiger partial charge on any atom is -0.465 e. The minimum atomic E-state index is -1.12. The molecule has 15 nitrogen and oxygen atoms in total. The molecule has 0 bridgehead atoms. The van der Waals surface area contributed by atoms with Crippen LogP contribution in [0.1, 0.15) is 88.1 Å². The molecule has 4 unspecified atom stereocenters. The Balaban J connectivity index is 0.000000179. The lowest BCUT2D eigenvalue weighted by Gasteiger charge is -2.39. The Labute approximate surface area is 331 Å². The summed E-state index contributed by atoms with van der Waals surface area (Å²) in [5, 5.41) is 22.9. The van der Waals surface area contributed by atoms with Crippen molar-refractivity contribution in [2.45, 2.75) is 23.9 Å². The van der Waals surface area contributed by atoms with Gasteiger partial charge < -0.3 is 14.8 Å². The maximum atomic E-state index is 14.2. The molecule has 0 aliphatic carbocycles. The predicted molar refractivity (Wildman–Crippen MR) is 198 cm³/mol. The summed E-state index contributed by atoms with van der Waals surface area (Å²) in [6.45, 7) is 0. The lowest BCUT2D eigenvalue weighted by molar-refractivity contribution is 0.0587. The standard InChI is InChI=1S/C20H16F2N4O4.C20H16F2N4O3/c1-25-19(23-9-24-25)16-17(10-3-5-11(21)6-4-10)26(29)14-8-12(22)7-13(20(28)30-2)15(14)18(16)27;1-26-19(23-9-24-26)16-17(10-3-5-11(21)6-4-10)25-14-8-12(22)7-13(20(28)29-2)15(14)18(16)27/h3-9,16-17,29H,1-2H3;3-9,16-17,25H,1-2H3. The number of ketones is 2. The first-order valence-electron chi connectivity index (χ1n) is 17.6. The summed E-state index contributed by atoms with van der Waals surface area (Å²) >= 11 is 0. The monoisotopic (exact) mass is 812 g/mol. The number of Topliss-reactive ketones (excluding diaryl/α,β-unsaturated/α-hetero) is 2. The highest BCUT2D eigenvalue weighted by molar-refractivity contribution is 6.15. The molecular weight excluding hydrogens is 780 g/mol. The van der Waals surface area contributed by atoms with Gasteiger partial charge in [0.15, 0.2) is 11.6 Å². The van der Waals surface area contributed by atoms with Crippen LogP contribution >= 0.6 is 0 Å². The summed E-state index contributed by atoms with van der Waals surface area (Å²) in [5.74, 6) is -6.67. The lowest BCUT2D eigenvalue weighted by atomic mass is 9.80. The molecule has 0 amide bonds. The maximum Gasteiger partial charge on any atom is 0.338 e. The van der Waals surface area contributed by atoms with Crippen molar-refractivity contribution in [2.24, 2.45) is 14.1 Å². The van der Waals surface area contributed by atoms with Gasteiger partial charge in [0.05, 0.1) is 54.2 Å². The second kappa shape index (κ2) is 15.9. The lowest BCUT2D eigenvalue weighted by Crippen LogP contribution is -2.41. The number of hydrogen-bond donors (Lipinski definition) is 2. The molecule has 4 aromatic carbocycles. The molecule has 4 heterocycles. The SMILES string of the molecule is COC(=O)c1cc(F)cc2c1C(=O)C(c1ncnn1C)C(c1ccc(F)cc1)N2.COC(=O)c1cc(F)cc2c1C(=O)C(c1ncnn1C)C(c1ccc(F)cc1)N2O. The first-order chi connectivity index (χ1) is 28.2. The molecule has 2 aliphatic rings. The fourth-order valence-electron chi connectivity index (χ4n) is 7.35. The Kier molecular flexibility index (Phi) is 10.8. The predicted octanol–water partition coefficient (Wildman–Crippen LogP) is 5.81. The van der Waals surface area contributed by atoms with Crippen molar-refractivity contribution >= 4 is 34.9 Å². The van der Waals surface area contributed by atoms with Crippen molar-refractivity contribution in [1.29, 1.82) is 0 Å². The smallest absolute Gasteiger partial charge is 0.338 e. The number of esters is 2. The molecule has 2 aromatic heterocycles. The molecule has 59 heavy (non-hydrogen) atoms. The van der Waals surface area contributed by atoms with Crippen LogP contribution in [0.2, 0.25) is 0 Å². The number of ether oxygens (including phenoxy) is 2. The molecule has 0 radical (unpaired) electrons. The normalized spacial score (nSPS) is 18.2. The highest BCUT2D eigenvalue weighted by atomic mass is 19.1. The third-order valence-electron chi connectivity index (χ3n) is 10.0. The number of benzene rings is 4. The van der Waals surface area contributed by atoms with Gasteiger partial charge in [0.2, 0.25) is 0 Å². The third kappa shape index (κ3) is 7.27. The summed E-state index contributed by atoms with van der Waals surface area (Å²) in [6, 6.07) is 13.0. The van der Waals surface area contributed by atoms with Crippen LogP contribution in [0.3, 0.4) is 0 Å². The molecule has 19 heteroatoms. The number of aryl methyl sites for hydroxylation is 2. The minimum absolute atomic E-state index is 0.0182. The van der Waals surface area contributed by atoms with Gasteiger partial charge in [0, 0.05) is 25.8 Å². The van der Waals surface area contributed by atoms with Crippen LogP contribution in [0, 0.1) is 23.3 Å². The van der Waals surface area contributed by atoms with Gasteiger partial charge in [-0.1, -0.05) is 24.3 Å². The van der Waals surface area contributed by atoms with Crippen molar-refractivity contribution in [3.8, 4) is 0 Å². The van der Waals surface area contributed by atoms with E-state index in [4.69, 9.17) is 4.74 Å². The number of carbonyl (C=O) groups excluding carboxylic acids is 4. The van der Waals surface area contributed by atoms with E-state index in [0.29, 0.717) is 22.0 Å². The van der Waals surface area contributed by atoms with Crippen LogP contribution in [0.5, 0.6) is 0 Å². The van der Waals surface area contributed by atoms with E-state index in [0.717, 1.165) is 38.5 Å². The molecule has 2 aliphatic heterocycles. The summed E-state index contributed by atoms with van der Waals surface area (Å²) < 4.78 is 67.5. The molecule has 8 rings (SSSR count). The van der Waals surface area contributed by atoms with Crippen molar-refractivity contribution in [2.75, 3.05) is 24.6 Å². The van der Waals surface area contributed by atoms with Gasteiger partial charge in [-0.15, -0.1) is 0 Å². The Bertz CT molecular complexity index is 2620. The fraction of sp³-hybridized carbons (Fsp3) is 0.200. The fourth-order valence-corrected chi connectivity index (χ4v) is 7.35. The quantitative estimate of drug-likeness (QED) is 0.152. The van der Waals surface area contributed by atoms with Crippen LogP contribution in [0.25, 0.3) is 0 Å². The molecule has 0 saturated carbocycles. The van der Waals surface area contributed by atoms with Gasteiger partial charge in [-0.2, -0.15) is 10.2 Å². The number of carbonyl (C=O) groups is 4. The molecule has 0 saturated heterocycles. The zero-order chi connectivity index (χ0) is 42.3. The van der Waals surface area contributed by atoms with Crippen molar-refractivity contribution < 1.29 is 51.4 Å². The molecule has 6 aromatic rings. The van der Waals surface area contributed by atoms with E-state index in [1.807, 2.05) is 0 Å². The molecular formula is C40H32F4N8O7. The largest absolute Gasteiger partial charge is 0.465 e. The van der Waals surface area contributed by atoms with Gasteiger partial charge in [0.1, 0.15) is 59.4 Å². The number of rotatable bonds is 6. The zero-order valence-electron chi connectivity index (χ0n) is 31.4. The van der Waals surface area contributed by atoms with Crippen molar-refractivity contribution in [1.82, 2.24) is 29.5 Å². The molecule has 0 fully saturated rings. The Hall–Kier alpha value is -7.28. The Morgan fingerprint density at radius 2 is 1.14 bits per heavy atom. The summed E-state index contributed by atoms with van der Waals surface area (Å²) in [7, 11) is 5.46. The number of aromatic nitrogens is 6. The Morgan fingerprint density at radius 1 is 0.661 bits per heavy atom. The van der Waals surface area contributed by atoms with E-state index in [2.05, 4.69) is 30.2 Å². The zero-order valence-corrected chi connectivity index (χ0v) is 31.4. The molecule has 2 N–H and O–H groups in total. The number of nitrogens with one attached hydrogen (secondary N) is 1. The highest BCUT2D eigenvalue weighted by Crippen LogP contribution is 2.47. The van der Waals surface area contributed by atoms with Crippen molar-refractivity contribution in [3.05, 3.63) is 154 Å². The van der Waals surface area contributed by atoms with E-state index in [1.165, 1.54) is 70.5 Å². The van der Waals surface area contributed by atoms with E-state index >= 15 is 0 Å². The average Bonchev–Trinajstić information content (AvgIpc) is 3.85. The van der Waals surface area contributed by atoms with Crippen LogP contribution < -0.4 is 10.4 Å². The molecule has 0 spiro atoms. The number of anilines is 2. The van der Waals surface area contributed by atoms with Crippen LogP contribution in [0.15, 0.2) is 85.5 Å².